The van der Waals surface area contributed by atoms with Crippen molar-refractivity contribution in [3.8, 4) is 0 Å². The number of carbonyl (C=O) groups excluding carboxylic acids is 1. The largest absolute Gasteiger partial charge is 0.342 e. The van der Waals surface area contributed by atoms with Crippen LogP contribution in [-0.2, 0) is 6.42 Å². The summed E-state index contributed by atoms with van der Waals surface area (Å²) >= 11 is 0. The first-order valence-corrected chi connectivity index (χ1v) is 6.41. The summed E-state index contributed by atoms with van der Waals surface area (Å²) in [4.78, 5) is 15.9. The second-order valence-electron chi connectivity index (χ2n) is 4.88. The van der Waals surface area contributed by atoms with Crippen LogP contribution in [0.1, 0.15) is 27.7 Å². The molecule has 0 saturated carbocycles. The minimum atomic E-state index is -0.468. The average Bonchev–Trinajstić information content (AvgIpc) is 2.76. The van der Waals surface area contributed by atoms with Gasteiger partial charge >= 0.3 is 0 Å². The fraction of sp³-hybridized carbons (Fsp3) is 0.200. The van der Waals surface area contributed by atoms with Gasteiger partial charge in [0.15, 0.2) is 0 Å². The third kappa shape index (κ3) is 2.28. The molecule has 5 heteroatoms. The number of aromatic nitrogens is 1. The maximum Gasteiger partial charge on any atom is 0.270 e. The van der Waals surface area contributed by atoms with Crippen LogP contribution < -0.4 is 11.1 Å². The van der Waals surface area contributed by atoms with E-state index in [-0.39, 0.29) is 23.7 Å². The van der Waals surface area contributed by atoms with E-state index in [4.69, 9.17) is 5.73 Å². The Hall–Kier alpha value is -2.27. The second-order valence-corrected chi connectivity index (χ2v) is 4.88. The number of amides is 1. The molecule has 0 radical (unpaired) electrons. The van der Waals surface area contributed by atoms with E-state index in [2.05, 4.69) is 10.3 Å². The monoisotopic (exact) mass is 271 g/mol. The molecule has 1 amide bonds. The standard InChI is InChI=1S/C15H14FN3O/c16-10-5-6-13(18-8-10)15(20)19-14-11-4-2-1-3-9(11)7-12(14)17/h1-6,8,12,14H,7,17H2,(H,19,20). The Bertz CT molecular complexity index is 642. The fourth-order valence-electron chi connectivity index (χ4n) is 2.54. The number of halogens is 1. The van der Waals surface area contributed by atoms with Gasteiger partial charge in [0.1, 0.15) is 11.5 Å². The van der Waals surface area contributed by atoms with Crippen LogP contribution in [0.2, 0.25) is 0 Å². The first-order chi connectivity index (χ1) is 9.65. The van der Waals surface area contributed by atoms with Crippen molar-refractivity contribution in [2.75, 3.05) is 0 Å². The average molecular weight is 271 g/mol. The highest BCUT2D eigenvalue weighted by Gasteiger charge is 2.31. The molecule has 3 rings (SSSR count). The van der Waals surface area contributed by atoms with E-state index in [1.807, 2.05) is 24.3 Å². The van der Waals surface area contributed by atoms with E-state index >= 15 is 0 Å². The van der Waals surface area contributed by atoms with Crippen molar-refractivity contribution in [1.82, 2.24) is 10.3 Å². The Kier molecular flexibility index (Phi) is 3.20. The normalized spacial score (nSPS) is 20.5. The van der Waals surface area contributed by atoms with Crippen LogP contribution in [0.25, 0.3) is 0 Å². The molecule has 2 atom stereocenters. The molecule has 20 heavy (non-hydrogen) atoms. The number of hydrogen-bond donors (Lipinski definition) is 2. The molecule has 4 nitrogen and oxygen atoms in total. The number of fused-ring (bicyclic) bond motifs is 1. The van der Waals surface area contributed by atoms with Crippen LogP contribution in [0.4, 0.5) is 4.39 Å². The predicted octanol–water partition coefficient (Wildman–Crippen LogP) is 1.58. The van der Waals surface area contributed by atoms with Crippen LogP contribution >= 0.6 is 0 Å². The van der Waals surface area contributed by atoms with Gasteiger partial charge in [0.05, 0.1) is 12.2 Å². The molecule has 0 aliphatic heterocycles. The van der Waals surface area contributed by atoms with Gasteiger partial charge in [-0.1, -0.05) is 24.3 Å². The van der Waals surface area contributed by atoms with Gasteiger partial charge in [-0.3, -0.25) is 4.79 Å². The van der Waals surface area contributed by atoms with Gasteiger partial charge in [0, 0.05) is 6.04 Å². The molecular weight excluding hydrogens is 257 g/mol. The summed E-state index contributed by atoms with van der Waals surface area (Å²) < 4.78 is 12.8. The van der Waals surface area contributed by atoms with Gasteiger partial charge < -0.3 is 11.1 Å². The zero-order valence-electron chi connectivity index (χ0n) is 10.7. The number of carbonyl (C=O) groups is 1. The molecule has 1 aromatic carbocycles. The molecule has 0 fully saturated rings. The van der Waals surface area contributed by atoms with Gasteiger partial charge in [-0.25, -0.2) is 9.37 Å². The van der Waals surface area contributed by atoms with Gasteiger partial charge in [0.25, 0.3) is 5.91 Å². The lowest BCUT2D eigenvalue weighted by Gasteiger charge is -2.18. The Labute approximate surface area is 115 Å². The second kappa shape index (κ2) is 5.02. The maximum atomic E-state index is 12.8. The number of nitrogens with zero attached hydrogens (tertiary/aromatic N) is 1. The number of hydrogen-bond acceptors (Lipinski definition) is 3. The van der Waals surface area contributed by atoms with Gasteiger partial charge in [-0.2, -0.15) is 0 Å². The molecule has 2 unspecified atom stereocenters. The lowest BCUT2D eigenvalue weighted by molar-refractivity contribution is 0.0928. The van der Waals surface area contributed by atoms with E-state index in [1.54, 1.807) is 0 Å². The molecule has 1 aromatic heterocycles. The fourth-order valence-corrected chi connectivity index (χ4v) is 2.54. The molecule has 0 saturated heterocycles. The number of pyridine rings is 1. The van der Waals surface area contributed by atoms with Crippen molar-refractivity contribution in [2.24, 2.45) is 5.73 Å². The molecule has 0 spiro atoms. The smallest absolute Gasteiger partial charge is 0.270 e. The summed E-state index contributed by atoms with van der Waals surface area (Å²) in [5, 5.41) is 2.87. The highest BCUT2D eigenvalue weighted by molar-refractivity contribution is 5.92. The SMILES string of the molecule is NC1Cc2ccccc2C1NC(=O)c1ccc(F)cn1. The Morgan fingerprint density at radius 1 is 1.30 bits per heavy atom. The van der Waals surface area contributed by atoms with E-state index < -0.39 is 5.82 Å². The van der Waals surface area contributed by atoms with Crippen LogP contribution in [0, 0.1) is 5.82 Å². The Morgan fingerprint density at radius 2 is 2.10 bits per heavy atom. The zero-order valence-corrected chi connectivity index (χ0v) is 10.7. The highest BCUT2D eigenvalue weighted by atomic mass is 19.1. The quantitative estimate of drug-likeness (QED) is 0.871. The van der Waals surface area contributed by atoms with Crippen molar-refractivity contribution in [3.05, 3.63) is 65.2 Å². The minimum absolute atomic E-state index is 0.156. The Balaban J connectivity index is 1.81. The summed E-state index contributed by atoms with van der Waals surface area (Å²) in [7, 11) is 0. The molecule has 1 aliphatic rings. The van der Waals surface area contributed by atoms with Gasteiger partial charge in [-0.15, -0.1) is 0 Å². The van der Waals surface area contributed by atoms with E-state index in [0.717, 1.165) is 23.7 Å². The molecule has 1 heterocycles. The summed E-state index contributed by atoms with van der Waals surface area (Å²) in [6, 6.07) is 10.0. The topological polar surface area (TPSA) is 68.0 Å². The number of nitrogens with two attached hydrogens (primary N) is 1. The summed E-state index contributed by atoms with van der Waals surface area (Å²) in [6.45, 7) is 0. The van der Waals surface area contributed by atoms with Crippen molar-refractivity contribution in [3.63, 3.8) is 0 Å². The summed E-state index contributed by atoms with van der Waals surface area (Å²) in [6.07, 6.45) is 1.76. The lowest BCUT2D eigenvalue weighted by atomic mass is 10.1. The number of benzene rings is 1. The van der Waals surface area contributed by atoms with E-state index in [1.165, 1.54) is 12.1 Å². The van der Waals surface area contributed by atoms with E-state index in [0.29, 0.717) is 0 Å². The van der Waals surface area contributed by atoms with Crippen molar-refractivity contribution >= 4 is 5.91 Å². The zero-order chi connectivity index (χ0) is 14.1. The molecule has 2 aromatic rings. The molecule has 1 aliphatic carbocycles. The van der Waals surface area contributed by atoms with Crippen LogP contribution in [0.15, 0.2) is 42.6 Å². The molecule has 0 bridgehead atoms. The van der Waals surface area contributed by atoms with Crippen molar-refractivity contribution in [2.45, 2.75) is 18.5 Å². The van der Waals surface area contributed by atoms with Crippen LogP contribution in [0.3, 0.4) is 0 Å². The Morgan fingerprint density at radius 3 is 2.85 bits per heavy atom. The minimum Gasteiger partial charge on any atom is -0.342 e. The van der Waals surface area contributed by atoms with Gasteiger partial charge in [-0.05, 0) is 29.7 Å². The first kappa shape index (κ1) is 12.7. The van der Waals surface area contributed by atoms with Gasteiger partial charge in [0.2, 0.25) is 0 Å². The summed E-state index contributed by atoms with van der Waals surface area (Å²) in [5.74, 6) is -0.813. The molecule has 3 N–H and O–H groups in total. The number of rotatable bonds is 2. The van der Waals surface area contributed by atoms with Crippen molar-refractivity contribution < 1.29 is 9.18 Å². The predicted molar refractivity (Wildman–Crippen MR) is 72.5 cm³/mol. The maximum absolute atomic E-state index is 12.8. The highest BCUT2D eigenvalue weighted by Crippen LogP contribution is 2.30. The summed E-state index contributed by atoms with van der Waals surface area (Å²) in [5.41, 5.74) is 8.46. The number of nitrogens with one attached hydrogen (secondary N) is 1. The van der Waals surface area contributed by atoms with Crippen LogP contribution in [-0.4, -0.2) is 16.9 Å². The lowest BCUT2D eigenvalue weighted by Crippen LogP contribution is -2.38. The third-order valence-corrected chi connectivity index (χ3v) is 3.52. The van der Waals surface area contributed by atoms with Crippen LogP contribution in [0.5, 0.6) is 0 Å². The van der Waals surface area contributed by atoms with E-state index in [9.17, 15) is 9.18 Å². The third-order valence-electron chi connectivity index (χ3n) is 3.52. The molecular formula is C15H14FN3O. The van der Waals surface area contributed by atoms with Crippen molar-refractivity contribution in [1.29, 1.82) is 0 Å². The first-order valence-electron chi connectivity index (χ1n) is 6.41. The molecule has 102 valence electrons.